The lowest BCUT2D eigenvalue weighted by Gasteiger charge is -2.19. The fourth-order valence-corrected chi connectivity index (χ4v) is 3.40. The van der Waals surface area contributed by atoms with E-state index in [9.17, 15) is 8.42 Å². The van der Waals surface area contributed by atoms with Gasteiger partial charge in [-0.1, -0.05) is 11.6 Å². The number of sulfonamides is 1. The minimum Gasteiger partial charge on any atom is -0.409 e. The molecule has 1 aromatic heterocycles. The summed E-state index contributed by atoms with van der Waals surface area (Å²) in [6.07, 6.45) is 4.73. The molecule has 2 atom stereocenters. The van der Waals surface area contributed by atoms with Gasteiger partial charge in [0, 0.05) is 18.2 Å². The molecule has 0 aliphatic heterocycles. The summed E-state index contributed by atoms with van der Waals surface area (Å²) in [5.41, 5.74) is 5.55. The largest absolute Gasteiger partial charge is 0.409 e. The Morgan fingerprint density at radius 2 is 2.39 bits per heavy atom. The Balaban J connectivity index is 2.14. The predicted octanol–water partition coefficient (Wildman–Crippen LogP) is -0.397. The van der Waals surface area contributed by atoms with Crippen molar-refractivity contribution in [3.8, 4) is 0 Å². The van der Waals surface area contributed by atoms with Gasteiger partial charge in [0.2, 0.25) is 10.0 Å². The van der Waals surface area contributed by atoms with Crippen LogP contribution in [0.3, 0.4) is 0 Å². The van der Waals surface area contributed by atoms with Crippen LogP contribution in [0.2, 0.25) is 0 Å². The first-order valence-corrected chi connectivity index (χ1v) is 7.01. The van der Waals surface area contributed by atoms with Gasteiger partial charge in [-0.15, -0.1) is 0 Å². The highest BCUT2D eigenvalue weighted by atomic mass is 32.2. The number of aromatic nitrogens is 2. The summed E-state index contributed by atoms with van der Waals surface area (Å²) in [7, 11) is -3.61. The molecule has 1 aliphatic carbocycles. The average Bonchev–Trinajstić information content (AvgIpc) is 2.97. The second kappa shape index (κ2) is 4.94. The van der Waals surface area contributed by atoms with Crippen molar-refractivity contribution in [3.63, 3.8) is 0 Å². The number of rotatable bonds is 4. The summed E-state index contributed by atoms with van der Waals surface area (Å²) in [5, 5.41) is 17.7. The number of aromatic amines is 1. The van der Waals surface area contributed by atoms with E-state index in [1.807, 2.05) is 0 Å². The molecule has 0 spiro atoms. The van der Waals surface area contributed by atoms with Crippen LogP contribution < -0.4 is 10.5 Å². The molecule has 1 heterocycles. The number of nitrogens with two attached hydrogens (primary N) is 1. The SMILES string of the molecule is NC(=NO)C1CCCC1NS(=O)(=O)c1cn[nH]c1. The number of hydrogen-bond acceptors (Lipinski definition) is 5. The number of hydrogen-bond donors (Lipinski definition) is 4. The van der Waals surface area contributed by atoms with Gasteiger partial charge in [0.15, 0.2) is 0 Å². The van der Waals surface area contributed by atoms with Crippen LogP contribution in [-0.2, 0) is 10.0 Å². The maximum atomic E-state index is 12.0. The van der Waals surface area contributed by atoms with Gasteiger partial charge in [0.1, 0.15) is 10.7 Å². The van der Waals surface area contributed by atoms with Gasteiger partial charge in [-0.05, 0) is 12.8 Å². The van der Waals surface area contributed by atoms with Crippen molar-refractivity contribution >= 4 is 15.9 Å². The zero-order chi connectivity index (χ0) is 13.2. The van der Waals surface area contributed by atoms with E-state index >= 15 is 0 Å². The summed E-state index contributed by atoms with van der Waals surface area (Å²) in [4.78, 5) is 0.0765. The summed E-state index contributed by atoms with van der Waals surface area (Å²) >= 11 is 0. The highest BCUT2D eigenvalue weighted by molar-refractivity contribution is 7.89. The van der Waals surface area contributed by atoms with Gasteiger partial charge < -0.3 is 10.9 Å². The lowest BCUT2D eigenvalue weighted by atomic mass is 10.0. The summed E-state index contributed by atoms with van der Waals surface area (Å²) in [6, 6.07) is -0.346. The van der Waals surface area contributed by atoms with E-state index in [0.717, 1.165) is 6.42 Å². The van der Waals surface area contributed by atoms with Gasteiger partial charge in [-0.3, -0.25) is 5.10 Å². The molecule has 0 radical (unpaired) electrons. The number of nitrogens with one attached hydrogen (secondary N) is 2. The number of oxime groups is 1. The second-order valence-corrected chi connectivity index (χ2v) is 5.94. The summed E-state index contributed by atoms with van der Waals surface area (Å²) in [5.74, 6) is -0.205. The first-order valence-electron chi connectivity index (χ1n) is 5.53. The predicted molar refractivity (Wildman–Crippen MR) is 63.4 cm³/mol. The Labute approximate surface area is 104 Å². The fourth-order valence-electron chi connectivity index (χ4n) is 2.18. The van der Waals surface area contributed by atoms with Crippen LogP contribution in [0.25, 0.3) is 0 Å². The lowest BCUT2D eigenvalue weighted by molar-refractivity contribution is 0.312. The maximum absolute atomic E-state index is 12.0. The van der Waals surface area contributed by atoms with Crippen LogP contribution in [0.5, 0.6) is 0 Å². The number of amidine groups is 1. The van der Waals surface area contributed by atoms with Crippen molar-refractivity contribution in [1.29, 1.82) is 0 Å². The highest BCUT2D eigenvalue weighted by Gasteiger charge is 2.34. The molecule has 1 aliphatic rings. The summed E-state index contributed by atoms with van der Waals surface area (Å²) in [6.45, 7) is 0. The molecule has 8 nitrogen and oxygen atoms in total. The van der Waals surface area contributed by atoms with E-state index in [1.165, 1.54) is 12.4 Å². The topological polar surface area (TPSA) is 133 Å². The first kappa shape index (κ1) is 12.8. The first-order chi connectivity index (χ1) is 8.54. The van der Waals surface area contributed by atoms with Crippen molar-refractivity contribution in [2.24, 2.45) is 16.8 Å². The Morgan fingerprint density at radius 1 is 1.61 bits per heavy atom. The number of nitrogens with zero attached hydrogens (tertiary/aromatic N) is 2. The smallest absolute Gasteiger partial charge is 0.243 e. The molecule has 18 heavy (non-hydrogen) atoms. The van der Waals surface area contributed by atoms with Gasteiger partial charge in [0.25, 0.3) is 0 Å². The van der Waals surface area contributed by atoms with E-state index in [0.29, 0.717) is 12.8 Å². The van der Waals surface area contributed by atoms with Crippen LogP contribution in [-0.4, -0.2) is 35.7 Å². The quantitative estimate of drug-likeness (QED) is 0.256. The van der Waals surface area contributed by atoms with Gasteiger partial charge >= 0.3 is 0 Å². The standard InChI is InChI=1S/C9H15N5O3S/c10-9(13-15)7-2-1-3-8(7)14-18(16,17)6-4-11-12-5-6/h4-5,7-8,14-15H,1-3H2,(H2,10,13)(H,11,12). The van der Waals surface area contributed by atoms with Crippen LogP contribution in [0, 0.1) is 5.92 Å². The normalized spacial score (nSPS) is 25.4. The molecule has 100 valence electrons. The third-order valence-corrected chi connectivity index (χ3v) is 4.56. The van der Waals surface area contributed by atoms with Crippen LogP contribution in [0.15, 0.2) is 22.4 Å². The molecule has 2 rings (SSSR count). The minimum atomic E-state index is -3.61. The van der Waals surface area contributed by atoms with Gasteiger partial charge in [0.05, 0.1) is 6.20 Å². The number of H-pyrrole nitrogens is 1. The Hall–Kier alpha value is -1.61. The van der Waals surface area contributed by atoms with Crippen LogP contribution >= 0.6 is 0 Å². The van der Waals surface area contributed by atoms with E-state index in [4.69, 9.17) is 10.9 Å². The molecule has 0 saturated heterocycles. The van der Waals surface area contributed by atoms with E-state index in [1.54, 1.807) is 0 Å². The zero-order valence-corrected chi connectivity index (χ0v) is 10.4. The van der Waals surface area contributed by atoms with Gasteiger partial charge in [-0.25, -0.2) is 13.1 Å². The highest BCUT2D eigenvalue weighted by Crippen LogP contribution is 2.27. The molecule has 1 fully saturated rings. The second-order valence-electron chi connectivity index (χ2n) is 4.22. The van der Waals surface area contributed by atoms with E-state index in [-0.39, 0.29) is 22.7 Å². The third kappa shape index (κ3) is 2.46. The molecule has 9 heteroatoms. The van der Waals surface area contributed by atoms with E-state index < -0.39 is 10.0 Å². The monoisotopic (exact) mass is 273 g/mol. The van der Waals surface area contributed by atoms with Crippen LogP contribution in [0.4, 0.5) is 0 Å². The van der Waals surface area contributed by atoms with Crippen LogP contribution in [0.1, 0.15) is 19.3 Å². The van der Waals surface area contributed by atoms with Crippen molar-refractivity contribution < 1.29 is 13.6 Å². The van der Waals surface area contributed by atoms with Gasteiger partial charge in [-0.2, -0.15) is 5.10 Å². The molecule has 0 aromatic carbocycles. The average molecular weight is 273 g/mol. The zero-order valence-electron chi connectivity index (χ0n) is 9.57. The summed E-state index contributed by atoms with van der Waals surface area (Å²) < 4.78 is 26.5. The Morgan fingerprint density at radius 3 is 3.00 bits per heavy atom. The minimum absolute atomic E-state index is 0.0624. The molecule has 5 N–H and O–H groups in total. The molecule has 1 aromatic rings. The fraction of sp³-hybridized carbons (Fsp3) is 0.556. The Kier molecular flexibility index (Phi) is 3.53. The van der Waals surface area contributed by atoms with Crippen molar-refractivity contribution in [2.45, 2.75) is 30.2 Å². The molecule has 2 unspecified atom stereocenters. The molecular weight excluding hydrogens is 258 g/mol. The maximum Gasteiger partial charge on any atom is 0.243 e. The van der Waals surface area contributed by atoms with E-state index in [2.05, 4.69) is 20.1 Å². The van der Waals surface area contributed by atoms with Crippen molar-refractivity contribution in [2.75, 3.05) is 0 Å². The molecular formula is C9H15N5O3S. The Bertz CT molecular complexity index is 524. The lowest BCUT2D eigenvalue weighted by Crippen LogP contribution is -2.42. The van der Waals surface area contributed by atoms with Crippen molar-refractivity contribution in [1.82, 2.24) is 14.9 Å². The molecule has 0 amide bonds. The third-order valence-electron chi connectivity index (χ3n) is 3.10. The molecule has 1 saturated carbocycles. The molecule has 0 bridgehead atoms. The van der Waals surface area contributed by atoms with Crippen molar-refractivity contribution in [3.05, 3.63) is 12.4 Å².